The first-order valence-corrected chi connectivity index (χ1v) is 9.02. The van der Waals surface area contributed by atoms with Crippen molar-refractivity contribution in [1.82, 2.24) is 5.32 Å². The minimum Gasteiger partial charge on any atom is -0.378 e. The highest BCUT2D eigenvalue weighted by Gasteiger charge is 2.32. The number of ether oxygens (including phenoxy) is 1. The summed E-state index contributed by atoms with van der Waals surface area (Å²) in [7, 11) is 4.15. The zero-order chi connectivity index (χ0) is 17.0. The van der Waals surface area contributed by atoms with E-state index in [1.165, 1.54) is 11.3 Å². The molecule has 0 radical (unpaired) electrons. The molecule has 23 heavy (non-hydrogen) atoms. The number of hydrogen-bond donors (Lipinski definition) is 1. The van der Waals surface area contributed by atoms with E-state index in [1.807, 2.05) is 0 Å². The van der Waals surface area contributed by atoms with Gasteiger partial charge < -0.3 is 15.0 Å². The van der Waals surface area contributed by atoms with Crippen LogP contribution in [0.1, 0.15) is 46.1 Å². The predicted octanol–water partition coefficient (Wildman–Crippen LogP) is 4.07. The van der Waals surface area contributed by atoms with E-state index < -0.39 is 0 Å². The van der Waals surface area contributed by atoms with Crippen LogP contribution in [0.4, 0.5) is 5.69 Å². The first-order valence-electron chi connectivity index (χ1n) is 9.02. The van der Waals surface area contributed by atoms with Crippen molar-refractivity contribution >= 4 is 5.69 Å². The lowest BCUT2D eigenvalue weighted by atomic mass is 9.88. The van der Waals surface area contributed by atoms with Gasteiger partial charge in [0.15, 0.2) is 0 Å². The van der Waals surface area contributed by atoms with Crippen LogP contribution in [0.25, 0.3) is 0 Å². The fraction of sp³-hybridized carbons (Fsp3) is 0.700. The Morgan fingerprint density at radius 3 is 1.96 bits per heavy atom. The molecule has 2 atom stereocenters. The molecule has 1 N–H and O–H groups in total. The Bertz CT molecular complexity index is 451. The molecule has 130 valence electrons. The highest BCUT2D eigenvalue weighted by molar-refractivity contribution is 5.45. The van der Waals surface area contributed by atoms with Crippen LogP contribution in [0.2, 0.25) is 0 Å². The lowest BCUT2D eigenvalue weighted by molar-refractivity contribution is -0.0995. The SMILES string of the molecule is CC(C)[C@H]1CC(NCc2ccc(N(C)C)cc2)C[C@H](C(C)C)O1. The highest BCUT2D eigenvalue weighted by atomic mass is 16.5. The maximum absolute atomic E-state index is 6.29. The molecule has 3 nitrogen and oxygen atoms in total. The van der Waals surface area contributed by atoms with E-state index in [4.69, 9.17) is 4.74 Å². The zero-order valence-corrected chi connectivity index (χ0v) is 15.7. The fourth-order valence-corrected chi connectivity index (χ4v) is 3.19. The number of nitrogens with one attached hydrogen (secondary N) is 1. The Morgan fingerprint density at radius 1 is 1.00 bits per heavy atom. The molecule has 1 aliphatic rings. The third kappa shape index (κ3) is 5.22. The molecule has 0 unspecified atom stereocenters. The Balaban J connectivity index is 1.92. The van der Waals surface area contributed by atoms with Gasteiger partial charge in [0.1, 0.15) is 0 Å². The van der Waals surface area contributed by atoms with Crippen LogP contribution in [-0.4, -0.2) is 32.3 Å². The maximum Gasteiger partial charge on any atom is 0.0616 e. The van der Waals surface area contributed by atoms with Crippen LogP contribution >= 0.6 is 0 Å². The van der Waals surface area contributed by atoms with Crippen molar-refractivity contribution in [3.63, 3.8) is 0 Å². The van der Waals surface area contributed by atoms with Gasteiger partial charge in [-0.25, -0.2) is 0 Å². The molecule has 2 rings (SSSR count). The monoisotopic (exact) mass is 318 g/mol. The van der Waals surface area contributed by atoms with Gasteiger partial charge in [-0.05, 0) is 42.4 Å². The molecule has 1 saturated heterocycles. The second-order valence-electron chi connectivity index (χ2n) is 7.81. The fourth-order valence-electron chi connectivity index (χ4n) is 3.19. The predicted molar refractivity (Wildman–Crippen MR) is 99.0 cm³/mol. The first-order chi connectivity index (χ1) is 10.9. The maximum atomic E-state index is 6.29. The van der Waals surface area contributed by atoms with E-state index in [0.29, 0.717) is 30.1 Å². The summed E-state index contributed by atoms with van der Waals surface area (Å²) in [6.07, 6.45) is 3.00. The quantitative estimate of drug-likeness (QED) is 0.855. The topological polar surface area (TPSA) is 24.5 Å². The van der Waals surface area contributed by atoms with Crippen molar-refractivity contribution in [2.75, 3.05) is 19.0 Å². The van der Waals surface area contributed by atoms with Crippen molar-refractivity contribution < 1.29 is 4.74 Å². The summed E-state index contributed by atoms with van der Waals surface area (Å²) in [6, 6.07) is 9.38. The van der Waals surface area contributed by atoms with Gasteiger partial charge in [0, 0.05) is 32.4 Å². The van der Waals surface area contributed by atoms with Crippen LogP contribution in [0, 0.1) is 11.8 Å². The molecule has 0 spiro atoms. The molecular formula is C20H34N2O. The summed E-state index contributed by atoms with van der Waals surface area (Å²) < 4.78 is 6.29. The van der Waals surface area contributed by atoms with Gasteiger partial charge in [-0.3, -0.25) is 0 Å². The number of nitrogens with zero attached hydrogens (tertiary/aromatic N) is 1. The van der Waals surface area contributed by atoms with E-state index in [9.17, 15) is 0 Å². The summed E-state index contributed by atoms with van der Waals surface area (Å²) in [5, 5.41) is 3.76. The summed E-state index contributed by atoms with van der Waals surface area (Å²) in [4.78, 5) is 2.14. The molecule has 1 fully saturated rings. The number of benzene rings is 1. The Morgan fingerprint density at radius 2 is 1.52 bits per heavy atom. The van der Waals surface area contributed by atoms with E-state index in [-0.39, 0.29) is 0 Å². The van der Waals surface area contributed by atoms with Gasteiger partial charge in [-0.2, -0.15) is 0 Å². The van der Waals surface area contributed by atoms with Gasteiger partial charge in [-0.15, -0.1) is 0 Å². The Hall–Kier alpha value is -1.06. The van der Waals surface area contributed by atoms with E-state index >= 15 is 0 Å². The van der Waals surface area contributed by atoms with Crippen molar-refractivity contribution in [1.29, 1.82) is 0 Å². The largest absolute Gasteiger partial charge is 0.378 e. The van der Waals surface area contributed by atoms with Gasteiger partial charge >= 0.3 is 0 Å². The molecule has 0 aromatic heterocycles. The van der Waals surface area contributed by atoms with Gasteiger partial charge in [-0.1, -0.05) is 39.8 Å². The molecule has 0 saturated carbocycles. The average molecular weight is 319 g/mol. The van der Waals surface area contributed by atoms with Crippen LogP contribution in [0.15, 0.2) is 24.3 Å². The summed E-state index contributed by atoms with van der Waals surface area (Å²) in [5.41, 5.74) is 2.60. The van der Waals surface area contributed by atoms with E-state index in [1.54, 1.807) is 0 Å². The molecule has 1 aromatic rings. The summed E-state index contributed by atoms with van der Waals surface area (Å²) in [5.74, 6) is 1.17. The Labute approximate surface area is 142 Å². The van der Waals surface area contributed by atoms with Gasteiger partial charge in [0.2, 0.25) is 0 Å². The molecule has 0 amide bonds. The van der Waals surface area contributed by atoms with Crippen molar-refractivity contribution in [2.45, 2.75) is 65.3 Å². The second-order valence-corrected chi connectivity index (χ2v) is 7.81. The number of anilines is 1. The number of hydrogen-bond acceptors (Lipinski definition) is 3. The zero-order valence-electron chi connectivity index (χ0n) is 15.7. The minimum atomic E-state index is 0.379. The van der Waals surface area contributed by atoms with Crippen LogP contribution in [-0.2, 0) is 11.3 Å². The number of rotatable bonds is 6. The molecular weight excluding hydrogens is 284 g/mol. The van der Waals surface area contributed by atoms with Gasteiger partial charge in [0.25, 0.3) is 0 Å². The molecule has 1 aromatic carbocycles. The lowest BCUT2D eigenvalue weighted by Gasteiger charge is -2.39. The van der Waals surface area contributed by atoms with Crippen molar-refractivity contribution in [2.24, 2.45) is 11.8 Å². The average Bonchev–Trinajstić information content (AvgIpc) is 2.52. The van der Waals surface area contributed by atoms with Gasteiger partial charge in [0.05, 0.1) is 12.2 Å². The normalized spacial score (nSPS) is 25.1. The first kappa shape index (κ1) is 18.3. The molecule has 1 heterocycles. The minimum absolute atomic E-state index is 0.379. The lowest BCUT2D eigenvalue weighted by Crippen LogP contribution is -2.46. The van der Waals surface area contributed by atoms with Crippen LogP contribution < -0.4 is 10.2 Å². The Kier molecular flexibility index (Phi) is 6.49. The molecule has 0 bridgehead atoms. The van der Waals surface area contributed by atoms with Crippen LogP contribution in [0.3, 0.4) is 0 Å². The third-order valence-corrected chi connectivity index (χ3v) is 4.92. The molecule has 1 aliphatic heterocycles. The molecule has 3 heteroatoms. The molecule has 0 aliphatic carbocycles. The van der Waals surface area contributed by atoms with Crippen LogP contribution in [0.5, 0.6) is 0 Å². The van der Waals surface area contributed by atoms with E-state index in [0.717, 1.165) is 19.4 Å². The van der Waals surface area contributed by atoms with E-state index in [2.05, 4.69) is 76.3 Å². The summed E-state index contributed by atoms with van der Waals surface area (Å²) in [6.45, 7) is 10.0. The smallest absolute Gasteiger partial charge is 0.0616 e. The second kappa shape index (κ2) is 8.16. The van der Waals surface area contributed by atoms with Crippen molar-refractivity contribution in [3.8, 4) is 0 Å². The standard InChI is InChI=1S/C20H34N2O/c1-14(2)19-11-17(12-20(23-19)15(3)4)21-13-16-7-9-18(10-8-16)22(5)6/h7-10,14-15,17,19-21H,11-13H2,1-6H3/t19-,20-/m1/s1. The summed E-state index contributed by atoms with van der Waals surface area (Å²) >= 11 is 0. The highest BCUT2D eigenvalue weighted by Crippen LogP contribution is 2.28. The third-order valence-electron chi connectivity index (χ3n) is 4.92. The van der Waals surface area contributed by atoms with Crippen molar-refractivity contribution in [3.05, 3.63) is 29.8 Å².